The Morgan fingerprint density at radius 3 is 2.45 bits per heavy atom. The van der Waals surface area contributed by atoms with E-state index in [2.05, 4.69) is 5.10 Å². The van der Waals surface area contributed by atoms with Gasteiger partial charge in [0.05, 0.1) is 16.6 Å². The quantitative estimate of drug-likeness (QED) is 0.757. The number of aromatic carboxylic acids is 1. The molecule has 0 aliphatic carbocycles. The standard InChI is InChI=1S/C15H9ClN2O4/c16-8-4-6-9(7-5-8)18-10-2-1-3-11(19)12(10)14(20)13(17-18)15(21)22/h1-7,19H,(H,21,22). The molecular weight excluding hydrogens is 308 g/mol. The summed E-state index contributed by atoms with van der Waals surface area (Å²) < 4.78 is 1.29. The number of rotatable bonds is 2. The van der Waals surface area contributed by atoms with Gasteiger partial charge in [-0.2, -0.15) is 5.10 Å². The van der Waals surface area contributed by atoms with Crippen molar-refractivity contribution in [2.45, 2.75) is 0 Å². The molecule has 0 spiro atoms. The molecule has 0 atom stereocenters. The summed E-state index contributed by atoms with van der Waals surface area (Å²) in [7, 11) is 0. The van der Waals surface area contributed by atoms with Crippen LogP contribution in [0.4, 0.5) is 0 Å². The van der Waals surface area contributed by atoms with Crippen LogP contribution in [0.3, 0.4) is 0 Å². The lowest BCUT2D eigenvalue weighted by Gasteiger charge is -2.11. The van der Waals surface area contributed by atoms with Crippen LogP contribution in [0.5, 0.6) is 5.75 Å². The SMILES string of the molecule is O=C(O)c1nn(-c2ccc(Cl)cc2)c2cccc(O)c2c1=O. The van der Waals surface area contributed by atoms with E-state index in [0.29, 0.717) is 16.2 Å². The van der Waals surface area contributed by atoms with Crippen LogP contribution in [0.2, 0.25) is 5.02 Å². The van der Waals surface area contributed by atoms with Gasteiger partial charge in [0.1, 0.15) is 5.75 Å². The number of fused-ring (bicyclic) bond motifs is 1. The normalized spacial score (nSPS) is 10.8. The molecule has 22 heavy (non-hydrogen) atoms. The van der Waals surface area contributed by atoms with Crippen molar-refractivity contribution in [2.75, 3.05) is 0 Å². The van der Waals surface area contributed by atoms with Crippen molar-refractivity contribution in [3.63, 3.8) is 0 Å². The van der Waals surface area contributed by atoms with Gasteiger partial charge in [-0.25, -0.2) is 9.48 Å². The highest BCUT2D eigenvalue weighted by Crippen LogP contribution is 2.23. The fourth-order valence-corrected chi connectivity index (χ4v) is 2.30. The highest BCUT2D eigenvalue weighted by Gasteiger charge is 2.19. The second-order valence-corrected chi connectivity index (χ2v) is 4.98. The molecule has 0 amide bonds. The van der Waals surface area contributed by atoms with Crippen LogP contribution in [0.25, 0.3) is 16.6 Å². The molecule has 1 heterocycles. The monoisotopic (exact) mass is 316 g/mol. The number of phenolic OH excluding ortho intramolecular Hbond substituents is 1. The highest BCUT2D eigenvalue weighted by atomic mass is 35.5. The van der Waals surface area contributed by atoms with E-state index in [-0.39, 0.29) is 11.1 Å². The van der Waals surface area contributed by atoms with E-state index in [1.807, 2.05) is 0 Å². The summed E-state index contributed by atoms with van der Waals surface area (Å²) in [6.07, 6.45) is 0. The summed E-state index contributed by atoms with van der Waals surface area (Å²) in [5.41, 5.74) is -0.672. The average molecular weight is 317 g/mol. The lowest BCUT2D eigenvalue weighted by Crippen LogP contribution is -2.22. The molecule has 7 heteroatoms. The maximum atomic E-state index is 12.2. The maximum absolute atomic E-state index is 12.2. The number of phenols is 1. The molecule has 0 aliphatic rings. The largest absolute Gasteiger partial charge is 0.507 e. The number of aromatic hydroxyl groups is 1. The molecular formula is C15H9ClN2O4. The van der Waals surface area contributed by atoms with E-state index in [9.17, 15) is 14.7 Å². The van der Waals surface area contributed by atoms with Gasteiger partial charge in [-0.15, -0.1) is 0 Å². The maximum Gasteiger partial charge on any atom is 0.360 e. The summed E-state index contributed by atoms with van der Waals surface area (Å²) in [5, 5.41) is 23.4. The smallest absolute Gasteiger partial charge is 0.360 e. The number of carboxylic acids is 1. The van der Waals surface area contributed by atoms with Crippen LogP contribution in [-0.4, -0.2) is 26.0 Å². The second kappa shape index (κ2) is 5.16. The predicted molar refractivity (Wildman–Crippen MR) is 81.0 cm³/mol. The zero-order valence-electron chi connectivity index (χ0n) is 11.0. The number of hydrogen-bond acceptors (Lipinski definition) is 4. The molecule has 3 rings (SSSR count). The van der Waals surface area contributed by atoms with Gasteiger partial charge in [0.25, 0.3) is 0 Å². The zero-order chi connectivity index (χ0) is 15.9. The molecule has 3 aromatic rings. The number of aromatic nitrogens is 2. The number of carboxylic acid groups (broad SMARTS) is 1. The van der Waals surface area contributed by atoms with E-state index in [1.165, 1.54) is 10.7 Å². The molecule has 0 saturated heterocycles. The van der Waals surface area contributed by atoms with Crippen molar-refractivity contribution in [3.05, 3.63) is 63.4 Å². The van der Waals surface area contributed by atoms with E-state index < -0.39 is 17.1 Å². The third-order valence-electron chi connectivity index (χ3n) is 3.16. The average Bonchev–Trinajstić information content (AvgIpc) is 2.48. The molecule has 0 bridgehead atoms. The van der Waals surface area contributed by atoms with Crippen LogP contribution in [0.15, 0.2) is 47.3 Å². The fraction of sp³-hybridized carbons (Fsp3) is 0. The first-order valence-corrected chi connectivity index (χ1v) is 6.61. The topological polar surface area (TPSA) is 92.4 Å². The zero-order valence-corrected chi connectivity index (χ0v) is 11.8. The van der Waals surface area contributed by atoms with Crippen LogP contribution in [-0.2, 0) is 0 Å². The van der Waals surface area contributed by atoms with Crippen molar-refractivity contribution in [2.24, 2.45) is 0 Å². The third kappa shape index (κ3) is 2.19. The third-order valence-corrected chi connectivity index (χ3v) is 3.42. The Kier molecular flexibility index (Phi) is 3.30. The lowest BCUT2D eigenvalue weighted by atomic mass is 10.1. The van der Waals surface area contributed by atoms with E-state index in [1.54, 1.807) is 36.4 Å². The minimum Gasteiger partial charge on any atom is -0.507 e. The highest BCUT2D eigenvalue weighted by molar-refractivity contribution is 6.30. The Morgan fingerprint density at radius 2 is 1.82 bits per heavy atom. The van der Waals surface area contributed by atoms with E-state index >= 15 is 0 Å². The van der Waals surface area contributed by atoms with Gasteiger partial charge in [-0.1, -0.05) is 17.7 Å². The molecule has 0 radical (unpaired) electrons. The Bertz CT molecular complexity index is 948. The molecule has 0 saturated carbocycles. The lowest BCUT2D eigenvalue weighted by molar-refractivity contribution is 0.0687. The molecule has 2 N–H and O–H groups in total. The van der Waals surface area contributed by atoms with E-state index in [4.69, 9.17) is 16.7 Å². The molecule has 0 aliphatic heterocycles. The van der Waals surface area contributed by atoms with Gasteiger partial charge in [0.15, 0.2) is 0 Å². The Morgan fingerprint density at radius 1 is 1.14 bits per heavy atom. The number of carbonyl (C=O) groups is 1. The molecule has 0 unspecified atom stereocenters. The van der Waals surface area contributed by atoms with Crippen molar-refractivity contribution in [1.29, 1.82) is 0 Å². The van der Waals surface area contributed by atoms with Gasteiger partial charge in [0.2, 0.25) is 11.1 Å². The van der Waals surface area contributed by atoms with Crippen molar-refractivity contribution in [1.82, 2.24) is 9.78 Å². The summed E-state index contributed by atoms with van der Waals surface area (Å²) in [5.74, 6) is -1.76. The fourth-order valence-electron chi connectivity index (χ4n) is 2.17. The Labute approximate surface area is 128 Å². The van der Waals surface area contributed by atoms with Gasteiger partial charge >= 0.3 is 5.97 Å². The summed E-state index contributed by atoms with van der Waals surface area (Å²) >= 11 is 5.84. The summed E-state index contributed by atoms with van der Waals surface area (Å²) in [4.78, 5) is 23.4. The number of hydrogen-bond donors (Lipinski definition) is 2. The van der Waals surface area contributed by atoms with Crippen molar-refractivity contribution in [3.8, 4) is 11.4 Å². The first-order chi connectivity index (χ1) is 10.5. The molecule has 1 aromatic heterocycles. The summed E-state index contributed by atoms with van der Waals surface area (Å²) in [6, 6.07) is 10.9. The van der Waals surface area contributed by atoms with Gasteiger partial charge in [0, 0.05) is 5.02 Å². The van der Waals surface area contributed by atoms with Crippen LogP contribution in [0, 0.1) is 0 Å². The number of nitrogens with zero attached hydrogens (tertiary/aromatic N) is 2. The first-order valence-electron chi connectivity index (χ1n) is 6.23. The van der Waals surface area contributed by atoms with Gasteiger partial charge < -0.3 is 10.2 Å². The van der Waals surface area contributed by atoms with Gasteiger partial charge in [-0.3, -0.25) is 4.79 Å². The van der Waals surface area contributed by atoms with Crippen molar-refractivity contribution < 1.29 is 15.0 Å². The van der Waals surface area contributed by atoms with E-state index in [0.717, 1.165) is 0 Å². The molecule has 0 fully saturated rings. The van der Waals surface area contributed by atoms with Gasteiger partial charge in [-0.05, 0) is 36.4 Å². The first kappa shape index (κ1) is 14.1. The van der Waals surface area contributed by atoms with Crippen LogP contribution in [0.1, 0.15) is 10.5 Å². The predicted octanol–water partition coefficient (Wildman–Crippen LogP) is 2.44. The summed E-state index contributed by atoms with van der Waals surface area (Å²) in [6.45, 7) is 0. The second-order valence-electron chi connectivity index (χ2n) is 4.54. The molecule has 2 aromatic carbocycles. The minimum atomic E-state index is -1.46. The minimum absolute atomic E-state index is 0.0927. The van der Waals surface area contributed by atoms with Crippen LogP contribution >= 0.6 is 11.6 Å². The number of benzene rings is 2. The Balaban J connectivity index is 2.46. The number of halogens is 1. The molecule has 110 valence electrons. The Hall–Kier alpha value is -2.86. The van der Waals surface area contributed by atoms with Crippen molar-refractivity contribution >= 4 is 28.5 Å². The molecule has 6 nitrogen and oxygen atoms in total. The van der Waals surface area contributed by atoms with Crippen LogP contribution < -0.4 is 5.43 Å².